The van der Waals surface area contributed by atoms with Gasteiger partial charge in [-0.15, -0.1) is 0 Å². The Bertz CT molecular complexity index is 1040. The number of anilines is 1. The van der Waals surface area contributed by atoms with Crippen molar-refractivity contribution >= 4 is 17.3 Å². The van der Waals surface area contributed by atoms with Gasteiger partial charge in [0, 0.05) is 19.2 Å². The molecule has 1 N–H and O–H groups in total. The topological polar surface area (TPSA) is 126 Å². The van der Waals surface area contributed by atoms with Crippen molar-refractivity contribution in [2.45, 2.75) is 33.4 Å². The van der Waals surface area contributed by atoms with E-state index >= 15 is 0 Å². The van der Waals surface area contributed by atoms with Crippen LogP contribution >= 0.6 is 0 Å². The van der Waals surface area contributed by atoms with E-state index in [0.29, 0.717) is 36.9 Å². The highest BCUT2D eigenvalue weighted by Gasteiger charge is 2.11. The molecule has 0 radical (unpaired) electrons. The van der Waals surface area contributed by atoms with Crippen molar-refractivity contribution in [3.8, 4) is 11.5 Å². The van der Waals surface area contributed by atoms with Crippen molar-refractivity contribution in [1.29, 1.82) is 0 Å². The minimum Gasteiger partial charge on any atom is -0.490 e. The van der Waals surface area contributed by atoms with Gasteiger partial charge in [0.2, 0.25) is 5.91 Å². The molecule has 2 aromatic heterocycles. The number of benzene rings is 1. The van der Waals surface area contributed by atoms with Crippen LogP contribution in [-0.2, 0) is 17.9 Å². The maximum absolute atomic E-state index is 12.2. The minimum atomic E-state index is -0.528. The first kappa shape index (κ1) is 21.8. The van der Waals surface area contributed by atoms with Crippen LogP contribution in [0.4, 0.5) is 11.4 Å². The summed E-state index contributed by atoms with van der Waals surface area (Å²) < 4.78 is 14.3. The fourth-order valence-corrected chi connectivity index (χ4v) is 2.90. The first-order valence-electron chi connectivity index (χ1n) is 9.86. The van der Waals surface area contributed by atoms with Crippen LogP contribution in [0.1, 0.15) is 25.8 Å². The first-order valence-corrected chi connectivity index (χ1v) is 9.86. The molecule has 0 spiro atoms. The molecule has 0 aliphatic carbocycles. The molecule has 11 nitrogen and oxygen atoms in total. The van der Waals surface area contributed by atoms with E-state index in [-0.39, 0.29) is 24.6 Å². The Hall–Kier alpha value is -3.89. The molecular weight excluding hydrogens is 404 g/mol. The summed E-state index contributed by atoms with van der Waals surface area (Å²) in [6.07, 6.45) is 5.86. The largest absolute Gasteiger partial charge is 0.490 e. The normalized spacial score (nSPS) is 10.6. The van der Waals surface area contributed by atoms with Crippen molar-refractivity contribution in [2.75, 3.05) is 18.5 Å². The van der Waals surface area contributed by atoms with Crippen LogP contribution in [0.5, 0.6) is 11.5 Å². The van der Waals surface area contributed by atoms with Crippen molar-refractivity contribution < 1.29 is 19.2 Å². The number of nitrogens with zero attached hydrogens (tertiary/aromatic N) is 5. The van der Waals surface area contributed by atoms with Crippen LogP contribution in [0.15, 0.2) is 43.0 Å². The average molecular weight is 428 g/mol. The van der Waals surface area contributed by atoms with Crippen LogP contribution in [0.25, 0.3) is 0 Å². The van der Waals surface area contributed by atoms with Gasteiger partial charge in [0.1, 0.15) is 12.4 Å². The molecule has 1 amide bonds. The Balaban J connectivity index is 1.55. The number of ether oxygens (including phenoxy) is 2. The maximum atomic E-state index is 12.2. The fraction of sp³-hybridized carbons (Fsp3) is 0.350. The van der Waals surface area contributed by atoms with Crippen molar-refractivity contribution in [3.05, 3.63) is 58.7 Å². The number of aryl methyl sites for hydroxylation is 1. The second-order valence-electron chi connectivity index (χ2n) is 6.59. The predicted octanol–water partition coefficient (Wildman–Crippen LogP) is 2.86. The molecule has 1 aromatic carbocycles. The Morgan fingerprint density at radius 2 is 1.84 bits per heavy atom. The molecule has 2 heterocycles. The highest BCUT2D eigenvalue weighted by molar-refractivity contribution is 5.90. The molecule has 0 saturated carbocycles. The molecule has 0 saturated heterocycles. The average Bonchev–Trinajstić information content (AvgIpc) is 3.38. The molecule has 31 heavy (non-hydrogen) atoms. The van der Waals surface area contributed by atoms with Crippen LogP contribution in [0.3, 0.4) is 0 Å². The van der Waals surface area contributed by atoms with Gasteiger partial charge in [0.15, 0.2) is 11.5 Å². The number of carbonyl (C=O) groups excluding carboxylic acids is 1. The van der Waals surface area contributed by atoms with Crippen LogP contribution in [0, 0.1) is 10.1 Å². The first-order chi connectivity index (χ1) is 15.0. The molecule has 0 unspecified atom stereocenters. The second kappa shape index (κ2) is 10.2. The molecule has 0 fully saturated rings. The molecule has 0 aliphatic heterocycles. The summed E-state index contributed by atoms with van der Waals surface area (Å²) in [5.41, 5.74) is 1.43. The van der Waals surface area contributed by atoms with E-state index in [9.17, 15) is 14.9 Å². The summed E-state index contributed by atoms with van der Waals surface area (Å²) in [5.74, 6) is 1.14. The standard InChI is InChI=1S/C20H24N6O5/c1-3-30-18-6-5-15(9-19(18)31-4-2)12-25-13-16(10-21-25)23-20(27)7-8-24-14-17(11-22-24)26(28)29/h5-6,9-11,13-14H,3-4,7-8,12H2,1-2H3,(H,23,27). The third-order valence-electron chi connectivity index (χ3n) is 4.27. The third-order valence-corrected chi connectivity index (χ3v) is 4.27. The summed E-state index contributed by atoms with van der Waals surface area (Å²) in [7, 11) is 0. The second-order valence-corrected chi connectivity index (χ2v) is 6.59. The van der Waals surface area contributed by atoms with Crippen molar-refractivity contribution in [1.82, 2.24) is 19.6 Å². The number of hydrogen-bond donors (Lipinski definition) is 1. The molecule has 0 atom stereocenters. The summed E-state index contributed by atoms with van der Waals surface area (Å²) in [6.45, 7) is 5.66. The highest BCUT2D eigenvalue weighted by Crippen LogP contribution is 2.29. The van der Waals surface area contributed by atoms with Gasteiger partial charge in [-0.2, -0.15) is 10.2 Å². The minimum absolute atomic E-state index is 0.108. The quantitative estimate of drug-likeness (QED) is 0.367. The zero-order valence-electron chi connectivity index (χ0n) is 17.4. The number of aromatic nitrogens is 4. The number of carbonyl (C=O) groups is 1. The third kappa shape index (κ3) is 6.04. The highest BCUT2D eigenvalue weighted by atomic mass is 16.6. The molecule has 0 aliphatic rings. The SMILES string of the molecule is CCOc1ccc(Cn2cc(NC(=O)CCn3cc([N+](=O)[O-])cn3)cn2)cc1OCC. The van der Waals surface area contributed by atoms with Gasteiger partial charge in [-0.1, -0.05) is 6.07 Å². The summed E-state index contributed by atoms with van der Waals surface area (Å²) >= 11 is 0. The fourth-order valence-electron chi connectivity index (χ4n) is 2.90. The van der Waals surface area contributed by atoms with Crippen LogP contribution < -0.4 is 14.8 Å². The number of nitro groups is 1. The van der Waals surface area contributed by atoms with E-state index in [0.717, 1.165) is 11.8 Å². The van der Waals surface area contributed by atoms with E-state index in [1.807, 2.05) is 32.0 Å². The Labute approximate surface area is 178 Å². The predicted molar refractivity (Wildman–Crippen MR) is 112 cm³/mol. The Morgan fingerprint density at radius 3 is 2.55 bits per heavy atom. The molecule has 11 heteroatoms. The van der Waals surface area contributed by atoms with Crippen LogP contribution in [0.2, 0.25) is 0 Å². The van der Waals surface area contributed by atoms with E-state index in [1.54, 1.807) is 17.1 Å². The monoisotopic (exact) mass is 428 g/mol. The van der Waals surface area contributed by atoms with Gasteiger partial charge in [0.25, 0.3) is 0 Å². The lowest BCUT2D eigenvalue weighted by Crippen LogP contribution is -2.14. The lowest BCUT2D eigenvalue weighted by Gasteiger charge is -2.12. The smallest absolute Gasteiger partial charge is 0.306 e. The Kier molecular flexibility index (Phi) is 7.20. The number of amides is 1. The van der Waals surface area contributed by atoms with Gasteiger partial charge >= 0.3 is 5.69 Å². The zero-order chi connectivity index (χ0) is 22.2. The summed E-state index contributed by atoms with van der Waals surface area (Å²) in [6, 6.07) is 5.73. The zero-order valence-corrected chi connectivity index (χ0v) is 17.4. The van der Waals surface area contributed by atoms with E-state index < -0.39 is 4.92 Å². The molecular formula is C20H24N6O5. The molecule has 164 valence electrons. The lowest BCUT2D eigenvalue weighted by atomic mass is 10.2. The van der Waals surface area contributed by atoms with Gasteiger partial charge in [-0.3, -0.25) is 24.3 Å². The van der Waals surface area contributed by atoms with Gasteiger partial charge in [-0.05, 0) is 31.5 Å². The summed E-state index contributed by atoms with van der Waals surface area (Å²) in [4.78, 5) is 22.3. The maximum Gasteiger partial charge on any atom is 0.306 e. The van der Waals surface area contributed by atoms with Crippen molar-refractivity contribution in [2.24, 2.45) is 0 Å². The number of hydrogen-bond acceptors (Lipinski definition) is 7. The van der Waals surface area contributed by atoms with Crippen molar-refractivity contribution in [3.63, 3.8) is 0 Å². The van der Waals surface area contributed by atoms with Crippen LogP contribution in [-0.4, -0.2) is 43.6 Å². The number of nitrogens with one attached hydrogen (secondary N) is 1. The van der Waals surface area contributed by atoms with E-state index in [4.69, 9.17) is 9.47 Å². The lowest BCUT2D eigenvalue weighted by molar-refractivity contribution is -0.385. The summed E-state index contributed by atoms with van der Waals surface area (Å²) in [5, 5.41) is 21.6. The molecule has 3 aromatic rings. The number of rotatable bonds is 11. The molecule has 0 bridgehead atoms. The van der Waals surface area contributed by atoms with E-state index in [2.05, 4.69) is 15.5 Å². The van der Waals surface area contributed by atoms with E-state index in [1.165, 1.54) is 10.9 Å². The van der Waals surface area contributed by atoms with Gasteiger partial charge < -0.3 is 14.8 Å². The van der Waals surface area contributed by atoms with Gasteiger partial charge in [0.05, 0.1) is 36.6 Å². The Morgan fingerprint density at radius 1 is 1.10 bits per heavy atom. The van der Waals surface area contributed by atoms with Gasteiger partial charge in [-0.25, -0.2) is 0 Å². The molecule has 3 rings (SSSR count).